The number of carbonyl (C=O) groups is 3. The van der Waals surface area contributed by atoms with Crippen molar-refractivity contribution < 1.29 is 19.1 Å². The van der Waals surface area contributed by atoms with Gasteiger partial charge in [-0.05, 0) is 56.5 Å². The molecule has 2 aliphatic heterocycles. The smallest absolute Gasteiger partial charge is 0.252 e. The molecule has 0 aromatic heterocycles. The van der Waals surface area contributed by atoms with Gasteiger partial charge in [0.25, 0.3) is 5.91 Å². The van der Waals surface area contributed by atoms with Crippen LogP contribution in [0.3, 0.4) is 0 Å². The molecule has 0 radical (unpaired) electrons. The second-order valence-electron chi connectivity index (χ2n) is 10.0. The fraction of sp³-hybridized carbons (Fsp3) is 0.423. The Balaban J connectivity index is 1.61. The molecule has 33 heavy (non-hydrogen) atoms. The van der Waals surface area contributed by atoms with E-state index < -0.39 is 17.0 Å². The zero-order valence-electron chi connectivity index (χ0n) is 19.6. The number of hydrogen-bond acceptors (Lipinski definition) is 4. The molecule has 7 heteroatoms. The molecule has 2 aromatic carbocycles. The molecule has 0 aliphatic carbocycles. The van der Waals surface area contributed by atoms with Gasteiger partial charge in [-0.15, -0.1) is 0 Å². The number of nitrogens with one attached hydrogen (secondary N) is 2. The monoisotopic (exact) mass is 449 g/mol. The van der Waals surface area contributed by atoms with Gasteiger partial charge in [0.1, 0.15) is 5.75 Å². The minimum Gasteiger partial charge on any atom is -0.497 e. The molecular formula is C26H31N3O4. The lowest BCUT2D eigenvalue weighted by Gasteiger charge is -2.39. The van der Waals surface area contributed by atoms with Crippen molar-refractivity contribution in [1.29, 1.82) is 0 Å². The molecule has 0 unspecified atom stereocenters. The molecule has 1 fully saturated rings. The fourth-order valence-electron chi connectivity index (χ4n) is 4.80. The minimum atomic E-state index is -0.837. The zero-order valence-corrected chi connectivity index (χ0v) is 19.6. The number of amides is 3. The van der Waals surface area contributed by atoms with Crippen LogP contribution < -0.4 is 15.4 Å². The highest BCUT2D eigenvalue weighted by molar-refractivity contribution is 5.98. The SMILES string of the molecule is COc1ccc(CC(=O)N2C[C@@H](C(=O)NC(C)(C)C)[C@@]3(Cc4ccccc4C(=O)N3)C2)cc1. The lowest BCUT2D eigenvalue weighted by molar-refractivity contribution is -0.130. The predicted molar refractivity (Wildman–Crippen MR) is 125 cm³/mol. The average molecular weight is 450 g/mol. The van der Waals surface area contributed by atoms with Gasteiger partial charge in [-0.1, -0.05) is 30.3 Å². The average Bonchev–Trinajstić information content (AvgIpc) is 3.11. The molecule has 2 N–H and O–H groups in total. The van der Waals surface area contributed by atoms with Crippen LogP contribution in [0.4, 0.5) is 0 Å². The van der Waals surface area contributed by atoms with Crippen molar-refractivity contribution >= 4 is 17.7 Å². The Morgan fingerprint density at radius 3 is 2.52 bits per heavy atom. The molecule has 0 bridgehead atoms. The summed E-state index contributed by atoms with van der Waals surface area (Å²) in [6.45, 7) is 6.33. The van der Waals surface area contributed by atoms with E-state index in [2.05, 4.69) is 10.6 Å². The van der Waals surface area contributed by atoms with Crippen LogP contribution in [0.2, 0.25) is 0 Å². The third-order valence-electron chi connectivity index (χ3n) is 6.36. The number of fused-ring (bicyclic) bond motifs is 1. The molecule has 7 nitrogen and oxygen atoms in total. The number of rotatable bonds is 4. The summed E-state index contributed by atoms with van der Waals surface area (Å²) in [5.41, 5.74) is 1.14. The first-order valence-electron chi connectivity index (χ1n) is 11.2. The van der Waals surface area contributed by atoms with Crippen LogP contribution in [0.15, 0.2) is 48.5 Å². The summed E-state index contributed by atoms with van der Waals surface area (Å²) < 4.78 is 5.19. The summed E-state index contributed by atoms with van der Waals surface area (Å²) in [6.07, 6.45) is 0.724. The van der Waals surface area contributed by atoms with Gasteiger partial charge in [0, 0.05) is 24.2 Å². The third kappa shape index (κ3) is 4.72. The number of nitrogens with zero attached hydrogens (tertiary/aromatic N) is 1. The van der Waals surface area contributed by atoms with Crippen molar-refractivity contribution in [2.75, 3.05) is 20.2 Å². The standard InChI is InChI=1S/C26H31N3O4/c1-25(2,3)27-24(32)21-15-29(22(30)13-17-9-11-19(33-4)12-10-17)16-26(21)14-18-7-5-6-8-20(18)23(31)28-26/h5-12,21H,13-16H2,1-4H3,(H,27,32)(H,28,31)/t21-,26+/m0/s1. The summed E-state index contributed by atoms with van der Waals surface area (Å²) in [5, 5.41) is 6.17. The van der Waals surface area contributed by atoms with E-state index in [9.17, 15) is 14.4 Å². The van der Waals surface area contributed by atoms with Gasteiger partial charge in [-0.25, -0.2) is 0 Å². The number of carbonyl (C=O) groups excluding carboxylic acids is 3. The maximum atomic E-state index is 13.3. The van der Waals surface area contributed by atoms with Crippen LogP contribution in [0.25, 0.3) is 0 Å². The number of ether oxygens (including phenoxy) is 1. The Labute approximate surface area is 194 Å². The van der Waals surface area contributed by atoms with Crippen LogP contribution in [0.5, 0.6) is 5.75 Å². The van der Waals surface area contributed by atoms with Crippen LogP contribution in [0, 0.1) is 5.92 Å². The fourth-order valence-corrected chi connectivity index (χ4v) is 4.80. The second-order valence-corrected chi connectivity index (χ2v) is 10.0. The van der Waals surface area contributed by atoms with Gasteiger partial charge in [0.2, 0.25) is 11.8 Å². The van der Waals surface area contributed by atoms with Gasteiger partial charge in [-0.3, -0.25) is 14.4 Å². The van der Waals surface area contributed by atoms with Crippen LogP contribution in [-0.2, 0) is 22.4 Å². The highest BCUT2D eigenvalue weighted by Crippen LogP contribution is 2.36. The van der Waals surface area contributed by atoms with E-state index in [0.717, 1.165) is 16.9 Å². The molecule has 4 rings (SSSR count). The molecule has 3 amide bonds. The first kappa shape index (κ1) is 22.8. The van der Waals surface area contributed by atoms with E-state index in [-0.39, 0.29) is 30.7 Å². The normalized spacial score (nSPS) is 22.0. The van der Waals surface area contributed by atoms with Crippen molar-refractivity contribution in [3.8, 4) is 5.75 Å². The Morgan fingerprint density at radius 2 is 1.85 bits per heavy atom. The van der Waals surface area contributed by atoms with Crippen molar-refractivity contribution in [2.24, 2.45) is 5.92 Å². The van der Waals surface area contributed by atoms with Crippen LogP contribution in [-0.4, -0.2) is 53.9 Å². The molecule has 2 atom stereocenters. The van der Waals surface area contributed by atoms with Crippen molar-refractivity contribution in [3.63, 3.8) is 0 Å². The molecule has 2 heterocycles. The van der Waals surface area contributed by atoms with E-state index in [1.54, 1.807) is 18.1 Å². The lowest BCUT2D eigenvalue weighted by Crippen LogP contribution is -2.62. The van der Waals surface area contributed by atoms with Gasteiger partial charge in [0.15, 0.2) is 0 Å². The van der Waals surface area contributed by atoms with E-state index in [1.807, 2.05) is 63.2 Å². The van der Waals surface area contributed by atoms with Crippen molar-refractivity contribution in [1.82, 2.24) is 15.5 Å². The molecule has 0 saturated carbocycles. The van der Waals surface area contributed by atoms with E-state index in [4.69, 9.17) is 4.74 Å². The number of methoxy groups -OCH3 is 1. The molecule has 1 spiro atoms. The molecule has 2 aliphatic rings. The lowest BCUT2D eigenvalue weighted by atomic mass is 9.76. The van der Waals surface area contributed by atoms with Crippen molar-refractivity contribution in [3.05, 3.63) is 65.2 Å². The summed E-state index contributed by atoms with van der Waals surface area (Å²) in [7, 11) is 1.60. The molecule has 174 valence electrons. The second kappa shape index (κ2) is 8.54. The Kier molecular flexibility index (Phi) is 5.91. The van der Waals surface area contributed by atoms with Gasteiger partial charge in [0.05, 0.1) is 25.0 Å². The molecular weight excluding hydrogens is 418 g/mol. The van der Waals surface area contributed by atoms with E-state index in [1.165, 1.54) is 0 Å². The highest BCUT2D eigenvalue weighted by atomic mass is 16.5. The summed E-state index contributed by atoms with van der Waals surface area (Å²) in [5.74, 6) is -0.238. The van der Waals surface area contributed by atoms with Crippen LogP contribution >= 0.6 is 0 Å². The zero-order chi connectivity index (χ0) is 23.8. The summed E-state index contributed by atoms with van der Waals surface area (Å²) in [6, 6.07) is 14.8. The highest BCUT2D eigenvalue weighted by Gasteiger charge is 2.54. The first-order valence-corrected chi connectivity index (χ1v) is 11.2. The Hall–Kier alpha value is -3.35. The van der Waals surface area contributed by atoms with E-state index >= 15 is 0 Å². The number of hydrogen-bond donors (Lipinski definition) is 2. The topological polar surface area (TPSA) is 87.7 Å². The minimum absolute atomic E-state index is 0.0706. The Morgan fingerprint density at radius 1 is 1.15 bits per heavy atom. The Bertz CT molecular complexity index is 1070. The van der Waals surface area contributed by atoms with Crippen LogP contribution in [0.1, 0.15) is 42.3 Å². The maximum Gasteiger partial charge on any atom is 0.252 e. The number of likely N-dealkylation sites (tertiary alicyclic amines) is 1. The largest absolute Gasteiger partial charge is 0.497 e. The van der Waals surface area contributed by atoms with E-state index in [0.29, 0.717) is 18.5 Å². The molecule has 2 aromatic rings. The quantitative estimate of drug-likeness (QED) is 0.750. The van der Waals surface area contributed by atoms with Gasteiger partial charge in [-0.2, -0.15) is 0 Å². The van der Waals surface area contributed by atoms with Gasteiger partial charge < -0.3 is 20.3 Å². The predicted octanol–water partition coefficient (Wildman–Crippen LogP) is 2.34. The molecule has 1 saturated heterocycles. The summed E-state index contributed by atoms with van der Waals surface area (Å²) in [4.78, 5) is 41.2. The number of benzene rings is 2. The summed E-state index contributed by atoms with van der Waals surface area (Å²) >= 11 is 0. The van der Waals surface area contributed by atoms with Gasteiger partial charge >= 0.3 is 0 Å². The third-order valence-corrected chi connectivity index (χ3v) is 6.36. The first-order chi connectivity index (χ1) is 15.6. The van der Waals surface area contributed by atoms with Crippen molar-refractivity contribution in [2.45, 2.75) is 44.7 Å². The maximum absolute atomic E-state index is 13.3.